The summed E-state index contributed by atoms with van der Waals surface area (Å²) in [6, 6.07) is 9.58. The molecule has 1 atom stereocenters. The molecule has 2 heterocycles. The molecule has 1 amide bonds. The zero-order chi connectivity index (χ0) is 19.2. The number of para-hydroxylation sites is 2. The summed E-state index contributed by atoms with van der Waals surface area (Å²) in [4.78, 5) is 14.9. The van der Waals surface area contributed by atoms with Gasteiger partial charge in [-0.15, -0.1) is 0 Å². The van der Waals surface area contributed by atoms with E-state index in [9.17, 15) is 4.79 Å². The second kappa shape index (κ2) is 6.59. The summed E-state index contributed by atoms with van der Waals surface area (Å²) in [6.45, 7) is 7.11. The Morgan fingerprint density at radius 2 is 1.96 bits per heavy atom. The van der Waals surface area contributed by atoms with Crippen LogP contribution in [0.25, 0.3) is 0 Å². The average Bonchev–Trinajstić information content (AvgIpc) is 3.38. The molecule has 0 radical (unpaired) electrons. The largest absolute Gasteiger partial charge is 0.486 e. The molecule has 1 saturated carbocycles. The van der Waals surface area contributed by atoms with Gasteiger partial charge in [0.25, 0.3) is 5.91 Å². The molecule has 1 unspecified atom stereocenters. The molecule has 2 aliphatic rings. The SMILES string of the molecule is CN(CC1COc2ccccc2O1)C(=O)c1cc(C2CC2)nn1C(C)(C)C. The molecule has 4 rings (SSSR count). The Labute approximate surface area is 160 Å². The number of likely N-dealkylation sites (N-methyl/N-ethyl adjacent to an activating group) is 1. The number of benzene rings is 1. The van der Waals surface area contributed by atoms with E-state index in [1.54, 1.807) is 4.90 Å². The van der Waals surface area contributed by atoms with Crippen molar-refractivity contribution in [3.05, 3.63) is 41.7 Å². The molecular weight excluding hydrogens is 342 g/mol. The number of hydrogen-bond acceptors (Lipinski definition) is 4. The van der Waals surface area contributed by atoms with Crippen LogP contribution in [0.5, 0.6) is 11.5 Å². The van der Waals surface area contributed by atoms with Gasteiger partial charge in [-0.25, -0.2) is 0 Å². The fourth-order valence-corrected chi connectivity index (χ4v) is 3.38. The highest BCUT2D eigenvalue weighted by atomic mass is 16.6. The number of carbonyl (C=O) groups is 1. The van der Waals surface area contributed by atoms with E-state index in [1.807, 2.05) is 42.1 Å². The molecule has 1 aliphatic heterocycles. The van der Waals surface area contributed by atoms with Gasteiger partial charge in [-0.2, -0.15) is 5.10 Å². The van der Waals surface area contributed by atoms with Crippen LogP contribution in [0, 0.1) is 0 Å². The standard InChI is InChI=1S/C21H27N3O3/c1-21(2,3)24-17(11-16(22-24)14-9-10-14)20(25)23(4)12-15-13-26-18-7-5-6-8-19(18)27-15/h5-8,11,14-15H,9-10,12-13H2,1-4H3. The Hall–Kier alpha value is -2.50. The van der Waals surface area contributed by atoms with Crippen LogP contribution in [-0.4, -0.2) is 46.9 Å². The zero-order valence-corrected chi connectivity index (χ0v) is 16.4. The number of carbonyl (C=O) groups excluding carboxylic acids is 1. The molecule has 0 N–H and O–H groups in total. The summed E-state index contributed by atoms with van der Waals surface area (Å²) >= 11 is 0. The normalized spacial score (nSPS) is 19.0. The van der Waals surface area contributed by atoms with Gasteiger partial charge in [0, 0.05) is 13.0 Å². The molecule has 6 heteroatoms. The van der Waals surface area contributed by atoms with Crippen LogP contribution in [0.1, 0.15) is 55.7 Å². The van der Waals surface area contributed by atoms with Crippen molar-refractivity contribution in [3.63, 3.8) is 0 Å². The Balaban J connectivity index is 1.50. The van der Waals surface area contributed by atoms with Gasteiger partial charge in [0.1, 0.15) is 12.3 Å². The monoisotopic (exact) mass is 369 g/mol. The van der Waals surface area contributed by atoms with Gasteiger partial charge in [0.2, 0.25) is 0 Å². The fourth-order valence-electron chi connectivity index (χ4n) is 3.38. The summed E-state index contributed by atoms with van der Waals surface area (Å²) in [7, 11) is 1.81. The summed E-state index contributed by atoms with van der Waals surface area (Å²) in [5.74, 6) is 1.96. The molecule has 0 saturated heterocycles. The van der Waals surface area contributed by atoms with Crippen LogP contribution >= 0.6 is 0 Å². The lowest BCUT2D eigenvalue weighted by Gasteiger charge is -2.30. The molecule has 27 heavy (non-hydrogen) atoms. The second-order valence-electron chi connectivity index (χ2n) is 8.49. The minimum Gasteiger partial charge on any atom is -0.486 e. The van der Waals surface area contributed by atoms with Gasteiger partial charge in [0.05, 0.1) is 17.8 Å². The minimum atomic E-state index is -0.248. The molecule has 0 bridgehead atoms. The maximum atomic E-state index is 13.2. The molecule has 1 aromatic carbocycles. The first-order valence-corrected chi connectivity index (χ1v) is 9.57. The van der Waals surface area contributed by atoms with Crippen LogP contribution in [0.15, 0.2) is 30.3 Å². The smallest absolute Gasteiger partial charge is 0.272 e. The van der Waals surface area contributed by atoms with E-state index >= 15 is 0 Å². The van der Waals surface area contributed by atoms with Gasteiger partial charge in [-0.05, 0) is 51.8 Å². The van der Waals surface area contributed by atoms with E-state index in [-0.39, 0.29) is 17.6 Å². The van der Waals surface area contributed by atoms with Crippen molar-refractivity contribution in [2.45, 2.75) is 51.2 Å². The summed E-state index contributed by atoms with van der Waals surface area (Å²) in [6.07, 6.45) is 2.14. The first-order valence-electron chi connectivity index (χ1n) is 9.57. The van der Waals surface area contributed by atoms with Crippen LogP contribution in [0.4, 0.5) is 0 Å². The topological polar surface area (TPSA) is 56.6 Å². The highest BCUT2D eigenvalue weighted by Crippen LogP contribution is 2.40. The third-order valence-corrected chi connectivity index (χ3v) is 4.97. The number of ether oxygens (including phenoxy) is 2. The lowest BCUT2D eigenvalue weighted by atomic mass is 10.1. The van der Waals surface area contributed by atoms with E-state index in [0.29, 0.717) is 24.8 Å². The van der Waals surface area contributed by atoms with E-state index in [1.165, 1.54) is 0 Å². The van der Waals surface area contributed by atoms with Gasteiger partial charge >= 0.3 is 0 Å². The third-order valence-electron chi connectivity index (χ3n) is 4.97. The summed E-state index contributed by atoms with van der Waals surface area (Å²) < 4.78 is 13.6. The Bertz CT molecular complexity index is 849. The molecule has 2 aromatic rings. The van der Waals surface area contributed by atoms with Crippen LogP contribution < -0.4 is 9.47 Å². The number of rotatable bonds is 4. The van der Waals surface area contributed by atoms with Crippen molar-refractivity contribution < 1.29 is 14.3 Å². The molecule has 1 fully saturated rings. The van der Waals surface area contributed by atoms with E-state index in [4.69, 9.17) is 14.6 Å². The highest BCUT2D eigenvalue weighted by Gasteiger charge is 2.33. The maximum Gasteiger partial charge on any atom is 0.272 e. The van der Waals surface area contributed by atoms with E-state index < -0.39 is 0 Å². The molecule has 1 aliphatic carbocycles. The van der Waals surface area contributed by atoms with Crippen molar-refractivity contribution >= 4 is 5.91 Å². The highest BCUT2D eigenvalue weighted by molar-refractivity contribution is 5.92. The van der Waals surface area contributed by atoms with E-state index in [2.05, 4.69) is 20.8 Å². The second-order valence-corrected chi connectivity index (χ2v) is 8.49. The van der Waals surface area contributed by atoms with Crippen LogP contribution in [-0.2, 0) is 5.54 Å². The lowest BCUT2D eigenvalue weighted by molar-refractivity contribution is 0.0509. The molecule has 0 spiro atoms. The van der Waals surface area contributed by atoms with Gasteiger partial charge in [-0.1, -0.05) is 12.1 Å². The van der Waals surface area contributed by atoms with Crippen molar-refractivity contribution in [2.24, 2.45) is 0 Å². The van der Waals surface area contributed by atoms with Crippen LogP contribution in [0.2, 0.25) is 0 Å². The van der Waals surface area contributed by atoms with E-state index in [0.717, 1.165) is 30.0 Å². The number of hydrogen-bond donors (Lipinski definition) is 0. The van der Waals surface area contributed by atoms with Gasteiger partial charge < -0.3 is 14.4 Å². The molecular formula is C21H27N3O3. The fraction of sp³-hybridized carbons (Fsp3) is 0.524. The Morgan fingerprint density at radius 1 is 1.26 bits per heavy atom. The van der Waals surface area contributed by atoms with Crippen molar-refractivity contribution in [2.75, 3.05) is 20.2 Å². The maximum absolute atomic E-state index is 13.2. The van der Waals surface area contributed by atoms with Crippen molar-refractivity contribution in [1.82, 2.24) is 14.7 Å². The van der Waals surface area contributed by atoms with Gasteiger partial charge in [0.15, 0.2) is 17.6 Å². The van der Waals surface area contributed by atoms with Crippen molar-refractivity contribution in [3.8, 4) is 11.5 Å². The summed E-state index contributed by atoms with van der Waals surface area (Å²) in [5.41, 5.74) is 1.43. The zero-order valence-electron chi connectivity index (χ0n) is 16.4. The van der Waals surface area contributed by atoms with Crippen molar-refractivity contribution in [1.29, 1.82) is 0 Å². The Morgan fingerprint density at radius 3 is 2.63 bits per heavy atom. The molecule has 6 nitrogen and oxygen atoms in total. The number of fused-ring (bicyclic) bond motifs is 1. The number of amides is 1. The third kappa shape index (κ3) is 3.66. The Kier molecular flexibility index (Phi) is 4.36. The molecule has 1 aromatic heterocycles. The average molecular weight is 369 g/mol. The first-order chi connectivity index (χ1) is 12.8. The summed E-state index contributed by atoms with van der Waals surface area (Å²) in [5, 5.41) is 4.74. The molecule has 144 valence electrons. The minimum absolute atomic E-state index is 0.0354. The lowest BCUT2D eigenvalue weighted by Crippen LogP contribution is -2.43. The van der Waals surface area contributed by atoms with Gasteiger partial charge in [-0.3, -0.25) is 9.48 Å². The van der Waals surface area contributed by atoms with Crippen LogP contribution in [0.3, 0.4) is 0 Å². The quantitative estimate of drug-likeness (QED) is 0.829. The number of nitrogens with zero attached hydrogens (tertiary/aromatic N) is 3. The first kappa shape index (κ1) is 17.9. The predicted molar refractivity (Wildman–Crippen MR) is 103 cm³/mol. The predicted octanol–water partition coefficient (Wildman–Crippen LogP) is 3.43. The number of aromatic nitrogens is 2.